The molecule has 1 aliphatic heterocycles. The Labute approximate surface area is 156 Å². The van der Waals surface area contributed by atoms with Crippen LogP contribution in [0.1, 0.15) is 17.3 Å². The molecule has 1 aromatic carbocycles. The van der Waals surface area contributed by atoms with Gasteiger partial charge in [0, 0.05) is 30.9 Å². The van der Waals surface area contributed by atoms with Crippen molar-refractivity contribution in [2.45, 2.75) is 18.9 Å². The van der Waals surface area contributed by atoms with Crippen molar-refractivity contribution in [2.24, 2.45) is 5.10 Å². The lowest BCUT2D eigenvalue weighted by molar-refractivity contribution is 0.348. The minimum atomic E-state index is -0.0328. The highest BCUT2D eigenvalue weighted by Crippen LogP contribution is 2.24. The van der Waals surface area contributed by atoms with Crippen LogP contribution in [0, 0.1) is 0 Å². The molecular weight excluding hydrogens is 342 g/mol. The third-order valence-electron chi connectivity index (χ3n) is 4.76. The van der Waals surface area contributed by atoms with Gasteiger partial charge in [-0.3, -0.25) is 19.5 Å². The second kappa shape index (κ2) is 7.19. The van der Waals surface area contributed by atoms with E-state index in [9.17, 15) is 4.79 Å². The molecule has 1 aliphatic rings. The highest BCUT2D eigenvalue weighted by atomic mass is 16.5. The molecule has 0 aliphatic carbocycles. The van der Waals surface area contributed by atoms with Gasteiger partial charge in [-0.1, -0.05) is 6.07 Å². The molecule has 3 aromatic rings. The molecule has 4 rings (SSSR count). The molecule has 1 atom stereocenters. The molecule has 138 valence electrons. The Balaban J connectivity index is 1.56. The monoisotopic (exact) mass is 363 g/mol. The normalized spacial score (nSPS) is 16.2. The van der Waals surface area contributed by atoms with E-state index in [1.54, 1.807) is 25.6 Å². The first kappa shape index (κ1) is 17.2. The Morgan fingerprint density at radius 2 is 2.11 bits per heavy atom. The maximum Gasteiger partial charge on any atom is 0.203 e. The van der Waals surface area contributed by atoms with E-state index in [0.717, 1.165) is 35.2 Å². The summed E-state index contributed by atoms with van der Waals surface area (Å²) in [6, 6.07) is 9.58. The summed E-state index contributed by atoms with van der Waals surface area (Å²) < 4.78 is 7.24. The maximum atomic E-state index is 12.2. The topological polar surface area (TPSA) is 72.6 Å². The molecule has 0 saturated heterocycles. The fourth-order valence-corrected chi connectivity index (χ4v) is 3.29. The minimum absolute atomic E-state index is 0.0328. The van der Waals surface area contributed by atoms with Crippen LogP contribution in [0.5, 0.6) is 5.75 Å². The number of aryl methyl sites for hydroxylation is 2. The fraction of sp³-hybridized carbons (Fsp3) is 0.300. The molecule has 7 heteroatoms. The third-order valence-corrected chi connectivity index (χ3v) is 4.76. The third kappa shape index (κ3) is 3.53. The van der Waals surface area contributed by atoms with Crippen LogP contribution in [0.3, 0.4) is 0 Å². The standard InChI is InChI=1S/C20H21N5O2/c1-24-13-15(12-22-24)25-10-8-19(26)18(23-25)6-4-14-3-5-17-16(11-14)20(27-2)7-9-21-17/h3,5,7-12,15H,4,6,13H2,1-2H3. The number of aromatic nitrogens is 3. The van der Waals surface area contributed by atoms with Gasteiger partial charge in [-0.15, -0.1) is 0 Å². The van der Waals surface area contributed by atoms with Crippen LogP contribution < -0.4 is 10.2 Å². The summed E-state index contributed by atoms with van der Waals surface area (Å²) in [5, 5.41) is 11.6. The SMILES string of the molecule is COc1ccnc2ccc(CCc3nn(C4C=NN(C)C4)ccc3=O)cc12. The van der Waals surface area contributed by atoms with Gasteiger partial charge in [0.05, 0.1) is 25.4 Å². The van der Waals surface area contributed by atoms with Crippen LogP contribution >= 0.6 is 0 Å². The number of methoxy groups -OCH3 is 1. The van der Waals surface area contributed by atoms with Crippen molar-refractivity contribution in [2.75, 3.05) is 20.7 Å². The quantitative estimate of drug-likeness (QED) is 0.694. The Morgan fingerprint density at radius 1 is 1.22 bits per heavy atom. The molecule has 1 unspecified atom stereocenters. The molecular formula is C20H21N5O2. The molecule has 3 heterocycles. The number of pyridine rings is 1. The van der Waals surface area contributed by atoms with Crippen molar-refractivity contribution in [3.05, 3.63) is 64.2 Å². The molecule has 0 radical (unpaired) electrons. The maximum absolute atomic E-state index is 12.2. The van der Waals surface area contributed by atoms with E-state index in [1.807, 2.05) is 41.2 Å². The lowest BCUT2D eigenvalue weighted by Crippen LogP contribution is -2.24. The number of fused-ring (bicyclic) bond motifs is 1. The van der Waals surface area contributed by atoms with Gasteiger partial charge in [-0.2, -0.15) is 10.2 Å². The van der Waals surface area contributed by atoms with Crippen LogP contribution in [0.25, 0.3) is 10.9 Å². The number of rotatable bonds is 5. The first-order valence-electron chi connectivity index (χ1n) is 8.89. The van der Waals surface area contributed by atoms with E-state index in [2.05, 4.69) is 21.3 Å². The van der Waals surface area contributed by atoms with Crippen molar-refractivity contribution in [1.29, 1.82) is 0 Å². The molecule has 2 aromatic heterocycles. The second-order valence-electron chi connectivity index (χ2n) is 6.64. The molecule has 0 bridgehead atoms. The number of hydrogen-bond acceptors (Lipinski definition) is 6. The first-order chi connectivity index (χ1) is 13.1. The van der Waals surface area contributed by atoms with Gasteiger partial charge in [-0.05, 0) is 36.6 Å². The van der Waals surface area contributed by atoms with Gasteiger partial charge in [0.1, 0.15) is 17.5 Å². The van der Waals surface area contributed by atoms with Crippen LogP contribution in [0.15, 0.2) is 52.6 Å². The summed E-state index contributed by atoms with van der Waals surface area (Å²) in [4.78, 5) is 16.6. The summed E-state index contributed by atoms with van der Waals surface area (Å²) in [5.74, 6) is 0.798. The van der Waals surface area contributed by atoms with Crippen molar-refractivity contribution in [1.82, 2.24) is 19.8 Å². The van der Waals surface area contributed by atoms with Crippen LogP contribution in [0.2, 0.25) is 0 Å². The molecule has 0 spiro atoms. The van der Waals surface area contributed by atoms with E-state index < -0.39 is 0 Å². The fourth-order valence-electron chi connectivity index (χ4n) is 3.29. The van der Waals surface area contributed by atoms with Crippen molar-refractivity contribution < 1.29 is 4.74 Å². The van der Waals surface area contributed by atoms with E-state index in [-0.39, 0.29) is 11.5 Å². The summed E-state index contributed by atoms with van der Waals surface area (Å²) in [6.45, 7) is 0.757. The van der Waals surface area contributed by atoms with E-state index in [0.29, 0.717) is 12.1 Å². The van der Waals surface area contributed by atoms with Crippen LogP contribution in [-0.4, -0.2) is 46.7 Å². The molecule has 7 nitrogen and oxygen atoms in total. The van der Waals surface area contributed by atoms with E-state index >= 15 is 0 Å². The van der Waals surface area contributed by atoms with Gasteiger partial charge in [0.2, 0.25) is 5.43 Å². The summed E-state index contributed by atoms with van der Waals surface area (Å²) >= 11 is 0. The highest BCUT2D eigenvalue weighted by molar-refractivity contribution is 5.85. The average molecular weight is 363 g/mol. The Kier molecular flexibility index (Phi) is 4.58. The predicted octanol–water partition coefficient (Wildman–Crippen LogP) is 2.06. The molecule has 0 amide bonds. The van der Waals surface area contributed by atoms with Gasteiger partial charge in [0.25, 0.3) is 0 Å². The van der Waals surface area contributed by atoms with Gasteiger partial charge in [-0.25, -0.2) is 0 Å². The summed E-state index contributed by atoms with van der Waals surface area (Å²) in [6.07, 6.45) is 6.62. The number of ether oxygens (including phenoxy) is 1. The van der Waals surface area contributed by atoms with Crippen molar-refractivity contribution in [3.63, 3.8) is 0 Å². The van der Waals surface area contributed by atoms with Crippen LogP contribution in [-0.2, 0) is 12.8 Å². The first-order valence-corrected chi connectivity index (χ1v) is 8.89. The molecule has 27 heavy (non-hydrogen) atoms. The zero-order chi connectivity index (χ0) is 18.8. The number of nitrogens with zero attached hydrogens (tertiary/aromatic N) is 5. The Bertz CT molecular complexity index is 1060. The number of hydrazone groups is 1. The van der Waals surface area contributed by atoms with Gasteiger partial charge >= 0.3 is 0 Å². The largest absolute Gasteiger partial charge is 0.496 e. The molecule has 0 N–H and O–H groups in total. The average Bonchev–Trinajstić information content (AvgIpc) is 3.13. The minimum Gasteiger partial charge on any atom is -0.496 e. The van der Waals surface area contributed by atoms with Crippen LogP contribution in [0.4, 0.5) is 0 Å². The van der Waals surface area contributed by atoms with Crippen molar-refractivity contribution >= 4 is 17.1 Å². The van der Waals surface area contributed by atoms with E-state index in [1.165, 1.54) is 0 Å². The number of hydrogen-bond donors (Lipinski definition) is 0. The lowest BCUT2D eigenvalue weighted by atomic mass is 10.0. The lowest BCUT2D eigenvalue weighted by Gasteiger charge is -2.13. The number of likely N-dealkylation sites (N-methyl/N-ethyl adjacent to an activating group) is 1. The molecule has 0 saturated carbocycles. The zero-order valence-electron chi connectivity index (χ0n) is 15.4. The smallest absolute Gasteiger partial charge is 0.203 e. The Morgan fingerprint density at radius 3 is 2.89 bits per heavy atom. The van der Waals surface area contributed by atoms with Crippen molar-refractivity contribution in [3.8, 4) is 5.75 Å². The second-order valence-corrected chi connectivity index (χ2v) is 6.64. The highest BCUT2D eigenvalue weighted by Gasteiger charge is 2.17. The molecule has 0 fully saturated rings. The Hall–Kier alpha value is -3.22. The van der Waals surface area contributed by atoms with E-state index in [4.69, 9.17) is 4.74 Å². The van der Waals surface area contributed by atoms with Gasteiger partial charge in [0.15, 0.2) is 0 Å². The summed E-state index contributed by atoms with van der Waals surface area (Å²) in [7, 11) is 3.57. The number of benzene rings is 1. The zero-order valence-corrected chi connectivity index (χ0v) is 15.4. The van der Waals surface area contributed by atoms with Gasteiger partial charge < -0.3 is 4.74 Å². The predicted molar refractivity (Wildman–Crippen MR) is 104 cm³/mol. The summed E-state index contributed by atoms with van der Waals surface area (Å²) in [5.41, 5.74) is 2.55.